The fourth-order valence-corrected chi connectivity index (χ4v) is 2.94. The second-order valence-corrected chi connectivity index (χ2v) is 7.11. The van der Waals surface area contributed by atoms with E-state index >= 15 is 0 Å². The van der Waals surface area contributed by atoms with Gasteiger partial charge in [-0.2, -0.15) is 0 Å². The van der Waals surface area contributed by atoms with Gasteiger partial charge >= 0.3 is 6.03 Å². The Morgan fingerprint density at radius 1 is 0.900 bits per heavy atom. The van der Waals surface area contributed by atoms with Gasteiger partial charge in [-0.25, -0.2) is 4.79 Å². The number of nitrogens with one attached hydrogen (secondary N) is 3. The lowest BCUT2D eigenvalue weighted by Crippen LogP contribution is -2.52. The summed E-state index contributed by atoms with van der Waals surface area (Å²) in [5.41, 5.74) is 1.83. The molecule has 3 N–H and O–H groups in total. The van der Waals surface area contributed by atoms with Crippen LogP contribution in [0.15, 0.2) is 48.5 Å². The molecule has 0 aliphatic heterocycles. The third-order valence-corrected chi connectivity index (χ3v) is 4.97. The summed E-state index contributed by atoms with van der Waals surface area (Å²) in [6.45, 7) is 4.62. The molecule has 0 bridgehead atoms. The van der Waals surface area contributed by atoms with E-state index in [0.29, 0.717) is 13.1 Å². The van der Waals surface area contributed by atoms with Crippen LogP contribution in [0.4, 0.5) is 4.79 Å². The second kappa shape index (κ2) is 11.7. The van der Waals surface area contributed by atoms with Crippen LogP contribution < -0.4 is 25.4 Å². The zero-order valence-corrected chi connectivity index (χ0v) is 18.0. The average Bonchev–Trinajstić information content (AvgIpc) is 2.79. The average molecular weight is 414 g/mol. The van der Waals surface area contributed by atoms with E-state index in [1.165, 1.54) is 0 Å². The summed E-state index contributed by atoms with van der Waals surface area (Å²) in [5, 5.41) is 8.51. The predicted molar refractivity (Wildman–Crippen MR) is 116 cm³/mol. The van der Waals surface area contributed by atoms with Crippen molar-refractivity contribution in [3.8, 4) is 11.5 Å². The molecule has 0 saturated carbocycles. The maximum absolute atomic E-state index is 12.8. The minimum absolute atomic E-state index is 0.0159. The standard InChI is InChI=1S/C23H31N3O4/c1-5-16(2)21(22(27)24-14-17-8-6-10-19(12-17)29-3)26-23(28)25-15-18-9-7-11-20(13-18)30-4/h6-13,16,21H,5,14-15H2,1-4H3,(H,24,27)(H2,25,26,28)/t16-,21+/m1/s1. The van der Waals surface area contributed by atoms with Gasteiger partial charge in [0, 0.05) is 13.1 Å². The first kappa shape index (κ1) is 23.1. The van der Waals surface area contributed by atoms with Gasteiger partial charge in [-0.05, 0) is 41.3 Å². The highest BCUT2D eigenvalue weighted by Gasteiger charge is 2.25. The minimum atomic E-state index is -0.633. The number of rotatable bonds is 10. The summed E-state index contributed by atoms with van der Waals surface area (Å²) in [6, 6.07) is 13.9. The van der Waals surface area contributed by atoms with Crippen LogP contribution in [0.5, 0.6) is 11.5 Å². The van der Waals surface area contributed by atoms with Crippen LogP contribution in [0.1, 0.15) is 31.4 Å². The molecule has 2 atom stereocenters. The van der Waals surface area contributed by atoms with Gasteiger partial charge in [0.15, 0.2) is 0 Å². The van der Waals surface area contributed by atoms with E-state index in [1.54, 1.807) is 14.2 Å². The highest BCUT2D eigenvalue weighted by Crippen LogP contribution is 2.14. The highest BCUT2D eigenvalue weighted by molar-refractivity contribution is 5.87. The van der Waals surface area contributed by atoms with Gasteiger partial charge in [0.2, 0.25) is 5.91 Å². The van der Waals surface area contributed by atoms with Crippen molar-refractivity contribution in [1.29, 1.82) is 0 Å². The molecule has 0 saturated heterocycles. The molecule has 0 radical (unpaired) electrons. The van der Waals surface area contributed by atoms with Crippen molar-refractivity contribution < 1.29 is 19.1 Å². The van der Waals surface area contributed by atoms with Crippen molar-refractivity contribution in [3.05, 3.63) is 59.7 Å². The Morgan fingerprint density at radius 2 is 1.43 bits per heavy atom. The third kappa shape index (κ3) is 6.99. The lowest BCUT2D eigenvalue weighted by Gasteiger charge is -2.24. The lowest BCUT2D eigenvalue weighted by molar-refractivity contribution is -0.124. The van der Waals surface area contributed by atoms with Crippen LogP contribution >= 0.6 is 0 Å². The van der Waals surface area contributed by atoms with Gasteiger partial charge < -0.3 is 25.4 Å². The topological polar surface area (TPSA) is 88.7 Å². The van der Waals surface area contributed by atoms with Crippen LogP contribution in [-0.4, -0.2) is 32.2 Å². The van der Waals surface area contributed by atoms with Crippen LogP contribution in [-0.2, 0) is 17.9 Å². The number of hydrogen-bond acceptors (Lipinski definition) is 4. The van der Waals surface area contributed by atoms with E-state index in [2.05, 4.69) is 16.0 Å². The molecule has 0 fully saturated rings. The molecule has 3 amide bonds. The number of hydrogen-bond donors (Lipinski definition) is 3. The summed E-state index contributed by atoms with van der Waals surface area (Å²) in [6.07, 6.45) is 0.757. The van der Waals surface area contributed by atoms with Gasteiger partial charge in [-0.3, -0.25) is 4.79 Å². The molecule has 2 aromatic rings. The zero-order valence-electron chi connectivity index (χ0n) is 18.0. The monoisotopic (exact) mass is 413 g/mol. The van der Waals surface area contributed by atoms with E-state index in [0.717, 1.165) is 29.0 Å². The number of carbonyl (C=O) groups is 2. The molecule has 0 aliphatic carbocycles. The van der Waals surface area contributed by atoms with Gasteiger partial charge in [-0.15, -0.1) is 0 Å². The fourth-order valence-electron chi connectivity index (χ4n) is 2.94. The molecule has 2 aromatic carbocycles. The second-order valence-electron chi connectivity index (χ2n) is 7.11. The Labute approximate surface area is 178 Å². The SMILES string of the molecule is CC[C@@H](C)[C@H](NC(=O)NCc1cccc(OC)c1)C(=O)NCc1cccc(OC)c1. The predicted octanol–water partition coefficient (Wildman–Crippen LogP) is 3.23. The molecular formula is C23H31N3O4. The molecule has 7 nitrogen and oxygen atoms in total. The molecule has 162 valence electrons. The first-order valence-electron chi connectivity index (χ1n) is 10.0. The van der Waals surface area contributed by atoms with Gasteiger partial charge in [0.05, 0.1) is 14.2 Å². The number of carbonyl (C=O) groups excluding carboxylic acids is 2. The Kier molecular flexibility index (Phi) is 9.00. The normalized spacial score (nSPS) is 12.4. The van der Waals surface area contributed by atoms with Crippen molar-refractivity contribution in [3.63, 3.8) is 0 Å². The van der Waals surface area contributed by atoms with E-state index < -0.39 is 6.04 Å². The number of urea groups is 1. The first-order chi connectivity index (χ1) is 14.5. The summed E-state index contributed by atoms with van der Waals surface area (Å²) in [5.74, 6) is 1.22. The Bertz CT molecular complexity index is 841. The van der Waals surface area contributed by atoms with E-state index in [9.17, 15) is 9.59 Å². The molecular weight excluding hydrogens is 382 g/mol. The Hall–Kier alpha value is -3.22. The van der Waals surface area contributed by atoms with Crippen molar-refractivity contribution in [2.24, 2.45) is 5.92 Å². The van der Waals surface area contributed by atoms with Crippen molar-refractivity contribution in [2.45, 2.75) is 39.4 Å². The molecule has 2 rings (SSSR count). The van der Waals surface area contributed by atoms with Crippen molar-refractivity contribution in [1.82, 2.24) is 16.0 Å². The van der Waals surface area contributed by atoms with Crippen LogP contribution in [0.2, 0.25) is 0 Å². The third-order valence-electron chi connectivity index (χ3n) is 4.97. The molecule has 0 aliphatic rings. The summed E-state index contributed by atoms with van der Waals surface area (Å²) < 4.78 is 10.4. The van der Waals surface area contributed by atoms with Gasteiger partial charge in [-0.1, -0.05) is 44.5 Å². The van der Waals surface area contributed by atoms with Gasteiger partial charge in [0.1, 0.15) is 17.5 Å². The number of ether oxygens (including phenoxy) is 2. The Morgan fingerprint density at radius 3 is 1.93 bits per heavy atom. The maximum Gasteiger partial charge on any atom is 0.315 e. The van der Waals surface area contributed by atoms with E-state index in [4.69, 9.17) is 9.47 Å². The minimum Gasteiger partial charge on any atom is -0.497 e. The van der Waals surface area contributed by atoms with Crippen LogP contribution in [0, 0.1) is 5.92 Å². The summed E-state index contributed by atoms with van der Waals surface area (Å²) in [4.78, 5) is 25.2. The molecule has 7 heteroatoms. The Balaban J connectivity index is 1.93. The van der Waals surface area contributed by atoms with Crippen LogP contribution in [0.25, 0.3) is 0 Å². The number of benzene rings is 2. The van der Waals surface area contributed by atoms with Crippen molar-refractivity contribution in [2.75, 3.05) is 14.2 Å². The quantitative estimate of drug-likeness (QED) is 0.558. The number of methoxy groups -OCH3 is 2. The molecule has 0 aromatic heterocycles. The first-order valence-corrected chi connectivity index (χ1v) is 10.0. The van der Waals surface area contributed by atoms with E-state index in [1.807, 2.05) is 62.4 Å². The maximum atomic E-state index is 12.8. The molecule has 30 heavy (non-hydrogen) atoms. The number of amides is 3. The smallest absolute Gasteiger partial charge is 0.315 e. The fraction of sp³-hybridized carbons (Fsp3) is 0.391. The largest absolute Gasteiger partial charge is 0.497 e. The molecule has 0 spiro atoms. The summed E-state index contributed by atoms with van der Waals surface area (Å²) >= 11 is 0. The van der Waals surface area contributed by atoms with E-state index in [-0.39, 0.29) is 17.9 Å². The van der Waals surface area contributed by atoms with Crippen molar-refractivity contribution >= 4 is 11.9 Å². The summed E-state index contributed by atoms with van der Waals surface area (Å²) in [7, 11) is 3.20. The van der Waals surface area contributed by atoms with Crippen LogP contribution in [0.3, 0.4) is 0 Å². The van der Waals surface area contributed by atoms with Gasteiger partial charge in [0.25, 0.3) is 0 Å². The molecule has 0 unspecified atom stereocenters. The highest BCUT2D eigenvalue weighted by atomic mass is 16.5. The zero-order chi connectivity index (χ0) is 21.9. The molecule has 0 heterocycles. The lowest BCUT2D eigenvalue weighted by atomic mass is 9.98.